The molecule has 2 amide bonds. The number of thioether (sulfide) groups is 1. The van der Waals surface area contributed by atoms with Crippen LogP contribution in [0.3, 0.4) is 0 Å². The number of carbonyl (C=O) groups is 3. The van der Waals surface area contributed by atoms with E-state index in [9.17, 15) is 19.2 Å². The number of ether oxygens (including phenoxy) is 2. The van der Waals surface area contributed by atoms with E-state index in [-0.39, 0.29) is 58.8 Å². The first-order valence-electron chi connectivity index (χ1n) is 13.4. The third-order valence-electron chi connectivity index (χ3n) is 8.77. The predicted molar refractivity (Wildman–Crippen MR) is 159 cm³/mol. The van der Waals surface area contributed by atoms with Crippen LogP contribution < -0.4 is 14.5 Å². The van der Waals surface area contributed by atoms with Crippen molar-refractivity contribution in [3.63, 3.8) is 0 Å². The number of hydrogen-bond acceptors (Lipinski definition) is 8. The van der Waals surface area contributed by atoms with E-state index in [4.69, 9.17) is 21.1 Å². The van der Waals surface area contributed by atoms with Gasteiger partial charge in [-0.1, -0.05) is 38.9 Å². The standard InChI is InChI=1S/C29H24BrClN2O6S2/c1-2-38-19(34)11-39-18-8-5-13(31)9-15(18)20-21-16-10-17(24(21)40-26-25(20)41-29(37)32-26)23-22(16)27(35)33(28(23)36)14-6-3-12(30)4-7-14/h3-9,16-17,20-24H,2,10-11H2,1H3,(H,32,37)/t16-,17-,20+,21-,22+,23+,24-/m1/s1. The van der Waals surface area contributed by atoms with Gasteiger partial charge in [0.15, 0.2) is 6.61 Å². The molecule has 212 valence electrons. The second-order valence-electron chi connectivity index (χ2n) is 10.7. The number of amides is 2. The largest absolute Gasteiger partial charge is 0.482 e. The Hall–Kier alpha value is -2.60. The van der Waals surface area contributed by atoms with Gasteiger partial charge in [0.25, 0.3) is 0 Å². The molecule has 12 heteroatoms. The van der Waals surface area contributed by atoms with Crippen molar-refractivity contribution in [1.29, 1.82) is 0 Å². The molecule has 7 atom stereocenters. The Morgan fingerprint density at radius 1 is 1.10 bits per heavy atom. The Morgan fingerprint density at radius 2 is 1.83 bits per heavy atom. The van der Waals surface area contributed by atoms with Crippen LogP contribution in [0.5, 0.6) is 5.75 Å². The number of rotatable bonds is 6. The highest BCUT2D eigenvalue weighted by molar-refractivity contribution is 9.10. The molecule has 7 rings (SSSR count). The molecule has 0 spiro atoms. The minimum atomic E-state index is -0.483. The number of aromatic amines is 1. The molecule has 3 fully saturated rings. The molecule has 1 aromatic heterocycles. The Bertz CT molecular complexity index is 1640. The molecule has 2 aliphatic carbocycles. The smallest absolute Gasteiger partial charge is 0.344 e. The van der Waals surface area contributed by atoms with Gasteiger partial charge < -0.3 is 14.5 Å². The van der Waals surface area contributed by atoms with Gasteiger partial charge in [-0.3, -0.25) is 19.3 Å². The number of H-pyrrole nitrogens is 1. The number of carbonyl (C=O) groups excluding carboxylic acids is 3. The minimum absolute atomic E-state index is 0.0148. The van der Waals surface area contributed by atoms with Gasteiger partial charge in [-0.25, -0.2) is 4.79 Å². The third kappa shape index (κ3) is 4.30. The normalized spacial score (nSPS) is 29.3. The Labute approximate surface area is 256 Å². The van der Waals surface area contributed by atoms with Gasteiger partial charge in [0, 0.05) is 31.1 Å². The zero-order chi connectivity index (χ0) is 28.6. The molecule has 8 nitrogen and oxygen atoms in total. The molecule has 41 heavy (non-hydrogen) atoms. The van der Waals surface area contributed by atoms with Crippen LogP contribution in [0.2, 0.25) is 5.02 Å². The maximum atomic E-state index is 13.9. The number of halogens is 2. The summed E-state index contributed by atoms with van der Waals surface area (Å²) in [5.41, 5.74) is 1.34. The average Bonchev–Trinajstić information content (AvgIpc) is 3.67. The summed E-state index contributed by atoms with van der Waals surface area (Å²) in [7, 11) is 0. The van der Waals surface area contributed by atoms with Crippen LogP contribution in [0, 0.1) is 29.6 Å². The summed E-state index contributed by atoms with van der Waals surface area (Å²) in [4.78, 5) is 57.5. The maximum Gasteiger partial charge on any atom is 0.344 e. The van der Waals surface area contributed by atoms with Crippen molar-refractivity contribution in [3.05, 3.63) is 72.1 Å². The number of imide groups is 1. The Balaban J connectivity index is 1.30. The first kappa shape index (κ1) is 27.2. The van der Waals surface area contributed by atoms with Crippen molar-refractivity contribution in [2.75, 3.05) is 18.1 Å². The zero-order valence-electron chi connectivity index (χ0n) is 21.7. The number of anilines is 1. The number of esters is 1. The second-order valence-corrected chi connectivity index (χ2v) is 14.3. The molecule has 2 aromatic carbocycles. The fourth-order valence-corrected chi connectivity index (χ4v) is 10.8. The molecule has 1 saturated heterocycles. The SMILES string of the molecule is CCOC(=O)COc1ccc(Cl)cc1[C@@H]1c2sc(=O)[nH]c2S[C@@H]2[C@@H]3C[C@@H]([C@@H]4C(=O)N(c5ccc(Br)cc5)C(=O)[C@@H]34)[C@H]12. The van der Waals surface area contributed by atoms with Crippen LogP contribution in [-0.2, 0) is 19.1 Å². The van der Waals surface area contributed by atoms with E-state index < -0.39 is 17.8 Å². The van der Waals surface area contributed by atoms with Crippen LogP contribution in [0.25, 0.3) is 0 Å². The second kappa shape index (κ2) is 10.3. The summed E-state index contributed by atoms with van der Waals surface area (Å²) < 4.78 is 11.9. The monoisotopic (exact) mass is 674 g/mol. The third-order valence-corrected chi connectivity index (χ3v) is 12.1. The van der Waals surface area contributed by atoms with E-state index in [1.165, 1.54) is 4.90 Å². The summed E-state index contributed by atoms with van der Waals surface area (Å²) in [5.74, 6) is -1.53. The van der Waals surface area contributed by atoms with Gasteiger partial charge in [0.1, 0.15) is 5.75 Å². The highest BCUT2D eigenvalue weighted by Crippen LogP contribution is 2.69. The van der Waals surface area contributed by atoms with Crippen LogP contribution in [0.1, 0.15) is 29.7 Å². The maximum absolute atomic E-state index is 13.9. The number of benzene rings is 2. The van der Waals surface area contributed by atoms with E-state index in [2.05, 4.69) is 20.9 Å². The molecule has 1 N–H and O–H groups in total. The molecule has 2 aliphatic heterocycles. The summed E-state index contributed by atoms with van der Waals surface area (Å²) in [6, 6.07) is 12.5. The van der Waals surface area contributed by atoms with Crippen molar-refractivity contribution >= 4 is 74.1 Å². The van der Waals surface area contributed by atoms with Gasteiger partial charge in [-0.15, -0.1) is 11.8 Å². The van der Waals surface area contributed by atoms with Crippen molar-refractivity contribution in [1.82, 2.24) is 4.98 Å². The molecular weight excluding hydrogens is 652 g/mol. The van der Waals surface area contributed by atoms with Gasteiger partial charge >= 0.3 is 10.8 Å². The minimum Gasteiger partial charge on any atom is -0.482 e. The number of thiazole rings is 1. The quantitative estimate of drug-likeness (QED) is 0.273. The lowest BCUT2D eigenvalue weighted by Crippen LogP contribution is -2.42. The topological polar surface area (TPSA) is 106 Å². The Morgan fingerprint density at radius 3 is 2.56 bits per heavy atom. The van der Waals surface area contributed by atoms with Crippen LogP contribution >= 0.6 is 50.6 Å². The highest BCUT2D eigenvalue weighted by Gasteiger charge is 2.69. The van der Waals surface area contributed by atoms with Crippen LogP contribution in [-0.4, -0.2) is 41.2 Å². The van der Waals surface area contributed by atoms with Gasteiger partial charge in [0.2, 0.25) is 11.8 Å². The first-order valence-corrected chi connectivity index (χ1v) is 16.2. The number of fused-ring (bicyclic) bond motifs is 9. The molecular formula is C29H24BrClN2O6S2. The van der Waals surface area contributed by atoms with E-state index >= 15 is 0 Å². The first-order chi connectivity index (χ1) is 19.8. The summed E-state index contributed by atoms with van der Waals surface area (Å²) in [6.45, 7) is 1.71. The fourth-order valence-electron chi connectivity index (χ4n) is 7.44. The Kier molecular flexibility index (Phi) is 6.84. The van der Waals surface area contributed by atoms with E-state index in [0.29, 0.717) is 16.5 Å². The summed E-state index contributed by atoms with van der Waals surface area (Å²) in [5, 5.41) is 1.30. The lowest BCUT2D eigenvalue weighted by atomic mass is 9.68. The summed E-state index contributed by atoms with van der Waals surface area (Å²) >= 11 is 12.7. The molecule has 3 aromatic rings. The van der Waals surface area contributed by atoms with Gasteiger partial charge in [-0.2, -0.15) is 0 Å². The molecule has 2 saturated carbocycles. The predicted octanol–water partition coefficient (Wildman–Crippen LogP) is 5.47. The fraction of sp³-hybridized carbons (Fsp3) is 0.379. The molecule has 0 unspecified atom stereocenters. The molecule has 2 bridgehead atoms. The number of hydrogen-bond donors (Lipinski definition) is 1. The molecule has 4 aliphatic rings. The van der Waals surface area contributed by atoms with Crippen molar-refractivity contribution in [3.8, 4) is 5.75 Å². The highest BCUT2D eigenvalue weighted by atomic mass is 79.9. The van der Waals surface area contributed by atoms with Crippen LogP contribution in [0.4, 0.5) is 5.69 Å². The van der Waals surface area contributed by atoms with E-state index in [1.54, 1.807) is 43.0 Å². The number of nitrogens with zero attached hydrogens (tertiary/aromatic N) is 1. The van der Waals surface area contributed by atoms with E-state index in [0.717, 1.165) is 37.7 Å². The van der Waals surface area contributed by atoms with Crippen molar-refractivity contribution in [2.45, 2.75) is 29.5 Å². The number of aromatic nitrogens is 1. The van der Waals surface area contributed by atoms with Crippen LogP contribution in [0.15, 0.2) is 56.8 Å². The zero-order valence-corrected chi connectivity index (χ0v) is 25.6. The van der Waals surface area contributed by atoms with Gasteiger partial charge in [-0.05, 0) is 73.6 Å². The molecule has 3 heterocycles. The summed E-state index contributed by atoms with van der Waals surface area (Å²) in [6.07, 6.45) is 0.762. The number of nitrogens with one attached hydrogen (secondary N) is 1. The van der Waals surface area contributed by atoms with E-state index in [1.807, 2.05) is 18.2 Å². The van der Waals surface area contributed by atoms with Crippen molar-refractivity contribution < 1.29 is 23.9 Å². The molecule has 0 radical (unpaired) electrons. The lowest BCUT2D eigenvalue weighted by molar-refractivity contribution is -0.145. The average molecular weight is 676 g/mol. The van der Waals surface area contributed by atoms with Gasteiger partial charge in [0.05, 0.1) is 29.2 Å². The lowest BCUT2D eigenvalue weighted by Gasteiger charge is -2.43. The van der Waals surface area contributed by atoms with Crippen molar-refractivity contribution in [2.24, 2.45) is 29.6 Å².